The smallest absolute Gasteiger partial charge is 0.319 e. The molecule has 1 aliphatic rings. The van der Waals surface area contributed by atoms with Gasteiger partial charge in [-0.1, -0.05) is 13.8 Å². The highest BCUT2D eigenvalue weighted by atomic mass is 16.5. The maximum atomic E-state index is 11.5. The van der Waals surface area contributed by atoms with Crippen molar-refractivity contribution < 1.29 is 14.3 Å². The van der Waals surface area contributed by atoms with Gasteiger partial charge in [-0.2, -0.15) is 0 Å². The summed E-state index contributed by atoms with van der Waals surface area (Å²) in [6.07, 6.45) is 1.80. The van der Waals surface area contributed by atoms with Crippen molar-refractivity contribution in [3.05, 3.63) is 0 Å². The molecule has 5 heteroatoms. The number of amides is 1. The molecule has 0 aromatic heterocycles. The van der Waals surface area contributed by atoms with Crippen LogP contribution in [0, 0.1) is 5.92 Å². The summed E-state index contributed by atoms with van der Waals surface area (Å²) in [5.41, 5.74) is 0. The highest BCUT2D eigenvalue weighted by Crippen LogP contribution is 2.10. The van der Waals surface area contributed by atoms with Crippen molar-refractivity contribution in [2.24, 2.45) is 5.92 Å². The topological polar surface area (TPSA) is 58.6 Å². The second kappa shape index (κ2) is 6.59. The molecular formula is C12H22N2O3. The van der Waals surface area contributed by atoms with Gasteiger partial charge in [0.05, 0.1) is 13.7 Å². The molecule has 0 spiro atoms. The lowest BCUT2D eigenvalue weighted by Gasteiger charge is -2.31. The van der Waals surface area contributed by atoms with Gasteiger partial charge in [0.2, 0.25) is 5.91 Å². The van der Waals surface area contributed by atoms with E-state index in [4.69, 9.17) is 0 Å². The molecule has 1 aliphatic heterocycles. The molecule has 1 N–H and O–H groups in total. The molecule has 1 amide bonds. The normalized spacial score (nSPS) is 18.1. The molecular weight excluding hydrogens is 220 g/mol. The number of carbonyl (C=O) groups is 2. The molecule has 1 saturated heterocycles. The van der Waals surface area contributed by atoms with Crippen molar-refractivity contribution in [1.29, 1.82) is 0 Å². The molecule has 5 nitrogen and oxygen atoms in total. The number of nitrogens with one attached hydrogen (secondary N) is 1. The maximum Gasteiger partial charge on any atom is 0.319 e. The summed E-state index contributed by atoms with van der Waals surface area (Å²) >= 11 is 0. The van der Waals surface area contributed by atoms with Gasteiger partial charge in [-0.3, -0.25) is 14.5 Å². The maximum absolute atomic E-state index is 11.5. The van der Waals surface area contributed by atoms with Crippen molar-refractivity contribution in [1.82, 2.24) is 10.2 Å². The van der Waals surface area contributed by atoms with E-state index < -0.39 is 0 Å². The Hall–Kier alpha value is -1.10. The highest BCUT2D eigenvalue weighted by Gasteiger charge is 2.22. The van der Waals surface area contributed by atoms with Gasteiger partial charge in [-0.25, -0.2) is 0 Å². The zero-order chi connectivity index (χ0) is 12.8. The van der Waals surface area contributed by atoms with Gasteiger partial charge >= 0.3 is 5.97 Å². The molecule has 0 aromatic rings. The van der Waals surface area contributed by atoms with E-state index in [1.54, 1.807) is 0 Å². The van der Waals surface area contributed by atoms with Crippen molar-refractivity contribution in [2.75, 3.05) is 26.7 Å². The fraction of sp³-hybridized carbons (Fsp3) is 0.833. The molecule has 0 aromatic carbocycles. The number of esters is 1. The molecule has 17 heavy (non-hydrogen) atoms. The van der Waals surface area contributed by atoms with Crippen LogP contribution in [0.15, 0.2) is 0 Å². The fourth-order valence-corrected chi connectivity index (χ4v) is 1.85. The minimum absolute atomic E-state index is 0.0306. The van der Waals surface area contributed by atoms with Gasteiger partial charge in [0.1, 0.15) is 0 Å². The minimum Gasteiger partial charge on any atom is -0.468 e. The van der Waals surface area contributed by atoms with E-state index in [-0.39, 0.29) is 23.8 Å². The second-order valence-corrected chi connectivity index (χ2v) is 4.79. The quantitative estimate of drug-likeness (QED) is 0.725. The number of hydrogen-bond acceptors (Lipinski definition) is 4. The Kier molecular flexibility index (Phi) is 5.41. The zero-order valence-electron chi connectivity index (χ0n) is 10.9. The van der Waals surface area contributed by atoms with Crippen molar-refractivity contribution in [3.63, 3.8) is 0 Å². The molecule has 0 unspecified atom stereocenters. The van der Waals surface area contributed by atoms with Crippen molar-refractivity contribution in [3.8, 4) is 0 Å². The molecule has 0 bridgehead atoms. The Bertz CT molecular complexity index is 271. The number of methoxy groups -OCH3 is 1. The predicted octanol–water partition coefficient (Wildman–Crippen LogP) is 0.396. The SMILES string of the molecule is COC(=O)CN1CCC(NC(=O)C(C)C)CC1. The van der Waals surface area contributed by atoms with Crippen LogP contribution in [0.25, 0.3) is 0 Å². The van der Waals surface area contributed by atoms with Gasteiger partial charge < -0.3 is 10.1 Å². The van der Waals surface area contributed by atoms with Crippen LogP contribution in [0.1, 0.15) is 26.7 Å². The summed E-state index contributed by atoms with van der Waals surface area (Å²) in [7, 11) is 1.40. The zero-order valence-corrected chi connectivity index (χ0v) is 10.9. The average Bonchev–Trinajstić information content (AvgIpc) is 2.31. The summed E-state index contributed by atoms with van der Waals surface area (Å²) in [6.45, 7) is 5.79. The Morgan fingerprint density at radius 1 is 1.35 bits per heavy atom. The van der Waals surface area contributed by atoms with E-state index in [9.17, 15) is 9.59 Å². The first-order valence-corrected chi connectivity index (χ1v) is 6.12. The summed E-state index contributed by atoms with van der Waals surface area (Å²) in [4.78, 5) is 24.7. The summed E-state index contributed by atoms with van der Waals surface area (Å²) in [5, 5.41) is 3.02. The van der Waals surface area contributed by atoms with E-state index in [2.05, 4.69) is 15.0 Å². The minimum atomic E-state index is -0.199. The molecule has 0 atom stereocenters. The van der Waals surface area contributed by atoms with Crippen molar-refractivity contribution >= 4 is 11.9 Å². The van der Waals surface area contributed by atoms with E-state index in [1.165, 1.54) is 7.11 Å². The number of carbonyl (C=O) groups excluding carboxylic acids is 2. The van der Waals surface area contributed by atoms with Crippen LogP contribution in [0.2, 0.25) is 0 Å². The van der Waals surface area contributed by atoms with Gasteiger partial charge in [0.25, 0.3) is 0 Å². The van der Waals surface area contributed by atoms with Crippen LogP contribution in [0.4, 0.5) is 0 Å². The van der Waals surface area contributed by atoms with Crippen molar-refractivity contribution in [2.45, 2.75) is 32.7 Å². The Morgan fingerprint density at radius 3 is 2.41 bits per heavy atom. The number of piperidine rings is 1. The summed E-state index contributed by atoms with van der Waals surface area (Å²) in [6, 6.07) is 0.249. The second-order valence-electron chi connectivity index (χ2n) is 4.79. The van der Waals surface area contributed by atoms with Crippen LogP contribution in [0.5, 0.6) is 0 Å². The molecule has 98 valence electrons. The molecule has 0 saturated carbocycles. The predicted molar refractivity (Wildman–Crippen MR) is 64.5 cm³/mol. The van der Waals surface area contributed by atoms with Gasteiger partial charge in [-0.05, 0) is 12.8 Å². The van der Waals surface area contributed by atoms with Crippen LogP contribution in [-0.4, -0.2) is 49.6 Å². The highest BCUT2D eigenvalue weighted by molar-refractivity contribution is 5.78. The van der Waals surface area contributed by atoms with Gasteiger partial charge in [-0.15, -0.1) is 0 Å². The van der Waals surface area contributed by atoms with Crippen LogP contribution in [-0.2, 0) is 14.3 Å². The standard InChI is InChI=1S/C12H22N2O3/c1-9(2)12(16)13-10-4-6-14(7-5-10)8-11(15)17-3/h9-10H,4-8H2,1-3H3,(H,13,16). The molecule has 1 heterocycles. The average molecular weight is 242 g/mol. The van der Waals surface area contributed by atoms with Crippen LogP contribution < -0.4 is 5.32 Å². The number of likely N-dealkylation sites (tertiary alicyclic amines) is 1. The van der Waals surface area contributed by atoms with Gasteiger partial charge in [0.15, 0.2) is 0 Å². The monoisotopic (exact) mass is 242 g/mol. The van der Waals surface area contributed by atoms with E-state index in [1.807, 2.05) is 13.8 Å². The van der Waals surface area contributed by atoms with E-state index in [0.29, 0.717) is 6.54 Å². The summed E-state index contributed by atoms with van der Waals surface area (Å²) < 4.78 is 4.63. The van der Waals surface area contributed by atoms with E-state index in [0.717, 1.165) is 25.9 Å². The Morgan fingerprint density at radius 2 is 1.94 bits per heavy atom. The largest absolute Gasteiger partial charge is 0.468 e. The third kappa shape index (κ3) is 4.73. The molecule has 1 fully saturated rings. The Balaban J connectivity index is 2.26. The first-order chi connectivity index (χ1) is 8.02. The lowest BCUT2D eigenvalue weighted by Crippen LogP contribution is -2.46. The molecule has 0 aliphatic carbocycles. The van der Waals surface area contributed by atoms with Crippen LogP contribution in [0.3, 0.4) is 0 Å². The molecule has 0 radical (unpaired) electrons. The number of nitrogens with zero attached hydrogens (tertiary/aromatic N) is 1. The first-order valence-electron chi connectivity index (χ1n) is 6.12. The van der Waals surface area contributed by atoms with Gasteiger partial charge in [0, 0.05) is 25.0 Å². The third-order valence-electron chi connectivity index (χ3n) is 3.04. The lowest BCUT2D eigenvalue weighted by atomic mass is 10.0. The first kappa shape index (κ1) is 14.0. The number of rotatable bonds is 4. The number of hydrogen-bond donors (Lipinski definition) is 1. The van der Waals surface area contributed by atoms with E-state index >= 15 is 0 Å². The fourth-order valence-electron chi connectivity index (χ4n) is 1.85. The number of ether oxygens (including phenoxy) is 1. The Labute approximate surface area is 102 Å². The molecule has 1 rings (SSSR count). The lowest BCUT2D eigenvalue weighted by molar-refractivity contribution is -0.142. The van der Waals surface area contributed by atoms with Crippen LogP contribution >= 0.6 is 0 Å². The third-order valence-corrected chi connectivity index (χ3v) is 3.04. The summed E-state index contributed by atoms with van der Waals surface area (Å²) in [5.74, 6) is -0.0609.